The molecule has 3 aromatic carbocycles. The van der Waals surface area contributed by atoms with E-state index in [0.717, 1.165) is 0 Å². The molecule has 0 amide bonds. The predicted molar refractivity (Wildman–Crippen MR) is 113 cm³/mol. The molecule has 146 valence electrons. The molecule has 3 N–H and O–H groups in total. The number of rotatable bonds is 5. The van der Waals surface area contributed by atoms with E-state index in [0.29, 0.717) is 21.7 Å². The molecule has 0 fully saturated rings. The number of fused-ring (bicyclic) bond motifs is 1. The van der Waals surface area contributed by atoms with E-state index < -0.39 is 10.0 Å². The van der Waals surface area contributed by atoms with Crippen LogP contribution in [0.1, 0.15) is 0 Å². The number of nitrogens with zero attached hydrogens (tertiary/aromatic N) is 2. The van der Waals surface area contributed by atoms with Crippen molar-refractivity contribution in [3.63, 3.8) is 0 Å². The number of hydrogen-bond acceptors (Lipinski definition) is 6. The second kappa shape index (κ2) is 7.57. The van der Waals surface area contributed by atoms with Crippen LogP contribution in [0.3, 0.4) is 0 Å². The number of sulfonamides is 1. The minimum absolute atomic E-state index is 0.00272. The third kappa shape index (κ3) is 4.08. The summed E-state index contributed by atoms with van der Waals surface area (Å²) < 4.78 is 28.1. The van der Waals surface area contributed by atoms with Gasteiger partial charge in [0.1, 0.15) is 5.75 Å². The van der Waals surface area contributed by atoms with Crippen molar-refractivity contribution >= 4 is 50.0 Å². The number of anilines is 3. The van der Waals surface area contributed by atoms with Crippen LogP contribution in [0.4, 0.5) is 17.3 Å². The molecule has 0 unspecified atom stereocenters. The predicted octanol–water partition coefficient (Wildman–Crippen LogP) is 4.53. The van der Waals surface area contributed by atoms with E-state index >= 15 is 0 Å². The second-order valence-electron chi connectivity index (χ2n) is 6.12. The molecular formula is C20H15ClN4O3S. The highest BCUT2D eigenvalue weighted by atomic mass is 35.5. The Kier molecular flexibility index (Phi) is 4.96. The first-order valence-corrected chi connectivity index (χ1v) is 10.4. The van der Waals surface area contributed by atoms with Crippen molar-refractivity contribution in [1.82, 2.24) is 9.97 Å². The lowest BCUT2D eigenvalue weighted by Crippen LogP contribution is -2.16. The standard InChI is InChI=1S/C20H15ClN4O3S/c21-15-11-10-13(26)12-18(15)24-19-20(23-17-9-5-4-8-16(17)22-19)25-29(27,28)14-6-2-1-3-7-14/h1-12,26H,(H,22,24)(H,23,25). The van der Waals surface area contributed by atoms with Crippen LogP contribution in [-0.4, -0.2) is 23.5 Å². The van der Waals surface area contributed by atoms with Gasteiger partial charge in [-0.3, -0.25) is 4.72 Å². The average molecular weight is 427 g/mol. The number of phenols is 1. The molecule has 29 heavy (non-hydrogen) atoms. The van der Waals surface area contributed by atoms with Crippen molar-refractivity contribution in [2.45, 2.75) is 4.90 Å². The molecule has 1 heterocycles. The van der Waals surface area contributed by atoms with Crippen LogP contribution in [0.15, 0.2) is 77.7 Å². The third-order valence-electron chi connectivity index (χ3n) is 4.06. The molecule has 0 saturated carbocycles. The van der Waals surface area contributed by atoms with Gasteiger partial charge in [0.2, 0.25) is 0 Å². The summed E-state index contributed by atoms with van der Waals surface area (Å²) in [5.74, 6) is 0.153. The Morgan fingerprint density at radius 1 is 0.828 bits per heavy atom. The summed E-state index contributed by atoms with van der Waals surface area (Å²) in [5.41, 5.74) is 1.44. The number of phenolic OH excluding ortho intramolecular Hbond substituents is 1. The Bertz CT molecular complexity index is 1300. The van der Waals surface area contributed by atoms with Gasteiger partial charge in [-0.2, -0.15) is 0 Å². The lowest BCUT2D eigenvalue weighted by atomic mass is 10.3. The molecule has 0 saturated heterocycles. The van der Waals surface area contributed by atoms with E-state index in [4.69, 9.17) is 11.6 Å². The fourth-order valence-electron chi connectivity index (χ4n) is 2.68. The quantitative estimate of drug-likeness (QED) is 0.433. The number of hydrogen-bond donors (Lipinski definition) is 3. The molecule has 4 rings (SSSR count). The van der Waals surface area contributed by atoms with Crippen LogP contribution in [-0.2, 0) is 10.0 Å². The zero-order chi connectivity index (χ0) is 20.4. The molecule has 0 atom stereocenters. The summed E-state index contributed by atoms with van der Waals surface area (Å²) in [6.45, 7) is 0. The Labute approximate surface area is 172 Å². The molecule has 0 spiro atoms. The van der Waals surface area contributed by atoms with E-state index in [-0.39, 0.29) is 22.3 Å². The topological polar surface area (TPSA) is 104 Å². The van der Waals surface area contributed by atoms with Crippen molar-refractivity contribution in [3.8, 4) is 5.75 Å². The van der Waals surface area contributed by atoms with Crippen LogP contribution in [0, 0.1) is 0 Å². The van der Waals surface area contributed by atoms with Crippen molar-refractivity contribution in [1.29, 1.82) is 0 Å². The summed E-state index contributed by atoms with van der Waals surface area (Å²) in [4.78, 5) is 8.99. The molecule has 0 aliphatic rings. The number of benzene rings is 3. The number of halogens is 1. The van der Waals surface area contributed by atoms with Gasteiger partial charge in [-0.05, 0) is 36.4 Å². The van der Waals surface area contributed by atoms with Gasteiger partial charge in [0.05, 0.1) is 26.6 Å². The lowest BCUT2D eigenvalue weighted by Gasteiger charge is -2.14. The summed E-state index contributed by atoms with van der Waals surface area (Å²) in [6, 6.07) is 19.4. The maximum Gasteiger partial charge on any atom is 0.263 e. The molecule has 9 heteroatoms. The third-order valence-corrected chi connectivity index (χ3v) is 5.74. The van der Waals surface area contributed by atoms with E-state index in [1.165, 1.54) is 30.3 Å². The van der Waals surface area contributed by atoms with Gasteiger partial charge in [0.15, 0.2) is 11.6 Å². The molecule has 1 aromatic heterocycles. The Hall–Kier alpha value is -3.36. The second-order valence-corrected chi connectivity index (χ2v) is 8.21. The summed E-state index contributed by atoms with van der Waals surface area (Å²) >= 11 is 6.19. The fourth-order valence-corrected chi connectivity index (χ4v) is 3.88. The zero-order valence-electron chi connectivity index (χ0n) is 14.9. The minimum atomic E-state index is -3.89. The monoisotopic (exact) mass is 426 g/mol. The van der Waals surface area contributed by atoms with Crippen LogP contribution in [0.5, 0.6) is 5.75 Å². The van der Waals surface area contributed by atoms with E-state index in [1.54, 1.807) is 42.5 Å². The SMILES string of the molecule is O=S(=O)(Nc1nc2ccccc2nc1Nc1cc(O)ccc1Cl)c1ccccc1. The summed E-state index contributed by atoms with van der Waals surface area (Å²) in [7, 11) is -3.89. The maximum absolute atomic E-state index is 12.8. The van der Waals surface area contributed by atoms with Gasteiger partial charge in [0.25, 0.3) is 10.0 Å². The summed E-state index contributed by atoms with van der Waals surface area (Å²) in [6.07, 6.45) is 0. The maximum atomic E-state index is 12.8. The smallest absolute Gasteiger partial charge is 0.263 e. The van der Waals surface area contributed by atoms with Crippen LogP contribution < -0.4 is 10.0 Å². The van der Waals surface area contributed by atoms with Crippen molar-refractivity contribution in [2.75, 3.05) is 10.0 Å². The number of nitrogens with one attached hydrogen (secondary N) is 2. The number of para-hydroxylation sites is 2. The van der Waals surface area contributed by atoms with Gasteiger partial charge in [-0.1, -0.05) is 41.9 Å². The van der Waals surface area contributed by atoms with Gasteiger partial charge < -0.3 is 10.4 Å². The van der Waals surface area contributed by atoms with E-state index in [2.05, 4.69) is 20.0 Å². The molecule has 0 radical (unpaired) electrons. The summed E-state index contributed by atoms with van der Waals surface area (Å²) in [5, 5.41) is 13.0. The molecule has 0 aliphatic carbocycles. The molecule has 0 aliphatic heterocycles. The highest BCUT2D eigenvalue weighted by molar-refractivity contribution is 7.92. The van der Waals surface area contributed by atoms with E-state index in [1.807, 2.05) is 0 Å². The van der Waals surface area contributed by atoms with Crippen LogP contribution >= 0.6 is 11.6 Å². The van der Waals surface area contributed by atoms with Crippen LogP contribution in [0.25, 0.3) is 11.0 Å². The number of aromatic nitrogens is 2. The zero-order valence-corrected chi connectivity index (χ0v) is 16.4. The first-order valence-electron chi connectivity index (χ1n) is 8.52. The highest BCUT2D eigenvalue weighted by Crippen LogP contribution is 2.32. The van der Waals surface area contributed by atoms with Crippen molar-refractivity contribution in [3.05, 3.63) is 77.8 Å². The van der Waals surface area contributed by atoms with Gasteiger partial charge >= 0.3 is 0 Å². The first-order chi connectivity index (χ1) is 13.9. The Morgan fingerprint density at radius 3 is 2.14 bits per heavy atom. The largest absolute Gasteiger partial charge is 0.508 e. The fraction of sp³-hybridized carbons (Fsp3) is 0. The Morgan fingerprint density at radius 2 is 1.45 bits per heavy atom. The molecule has 4 aromatic rings. The van der Waals surface area contributed by atoms with Gasteiger partial charge in [-0.25, -0.2) is 18.4 Å². The molecular weight excluding hydrogens is 412 g/mol. The lowest BCUT2D eigenvalue weighted by molar-refractivity contribution is 0.475. The first kappa shape index (κ1) is 19.0. The van der Waals surface area contributed by atoms with Gasteiger partial charge in [0, 0.05) is 6.07 Å². The van der Waals surface area contributed by atoms with Crippen molar-refractivity contribution in [2.24, 2.45) is 0 Å². The van der Waals surface area contributed by atoms with Crippen molar-refractivity contribution < 1.29 is 13.5 Å². The average Bonchev–Trinajstić information content (AvgIpc) is 2.71. The minimum Gasteiger partial charge on any atom is -0.508 e. The van der Waals surface area contributed by atoms with Gasteiger partial charge in [-0.15, -0.1) is 0 Å². The number of aromatic hydroxyl groups is 1. The molecule has 7 nitrogen and oxygen atoms in total. The molecule has 0 bridgehead atoms. The van der Waals surface area contributed by atoms with E-state index in [9.17, 15) is 13.5 Å². The highest BCUT2D eigenvalue weighted by Gasteiger charge is 2.19. The van der Waals surface area contributed by atoms with Crippen LogP contribution in [0.2, 0.25) is 5.02 Å². The normalized spacial score (nSPS) is 11.3. The Balaban J connectivity index is 1.81.